The number of benzene rings is 1. The molecule has 3 N–H and O–H groups in total. The molecule has 26 heavy (non-hydrogen) atoms. The standard InChI is InChI=1S/C19H26ClN3O3/c1-4-21-18(23-13-19(3,24)17-10-7-11-25-17)22-12-14(2)26-16-9-6-5-8-15(16)20/h5-11,14,24H,4,12-13H2,1-3H3,(H2,21,22,23). The molecule has 1 heterocycles. The Balaban J connectivity index is 1.91. The molecule has 1 aromatic carbocycles. The Labute approximate surface area is 159 Å². The van der Waals surface area contributed by atoms with Gasteiger partial charge >= 0.3 is 0 Å². The summed E-state index contributed by atoms with van der Waals surface area (Å²) >= 11 is 6.11. The number of aliphatic imine (C=N–C) groups is 1. The number of hydrogen-bond acceptors (Lipinski definition) is 4. The highest BCUT2D eigenvalue weighted by Crippen LogP contribution is 2.24. The maximum Gasteiger partial charge on any atom is 0.191 e. The van der Waals surface area contributed by atoms with Crippen LogP contribution in [0.5, 0.6) is 5.75 Å². The fourth-order valence-electron chi connectivity index (χ4n) is 2.28. The Bertz CT molecular complexity index is 702. The fraction of sp³-hybridized carbons (Fsp3) is 0.421. The number of para-hydroxylation sites is 1. The second-order valence-corrected chi connectivity index (χ2v) is 6.59. The van der Waals surface area contributed by atoms with Crippen molar-refractivity contribution in [1.29, 1.82) is 0 Å². The molecule has 0 saturated heterocycles. The van der Waals surface area contributed by atoms with Gasteiger partial charge in [0, 0.05) is 6.54 Å². The van der Waals surface area contributed by atoms with E-state index < -0.39 is 5.60 Å². The molecule has 0 amide bonds. The van der Waals surface area contributed by atoms with Crippen molar-refractivity contribution in [2.75, 3.05) is 19.6 Å². The van der Waals surface area contributed by atoms with Gasteiger partial charge in [-0.15, -0.1) is 0 Å². The summed E-state index contributed by atoms with van der Waals surface area (Å²) in [5.41, 5.74) is -1.18. The second kappa shape index (κ2) is 9.50. The number of aliphatic hydroxyl groups is 1. The van der Waals surface area contributed by atoms with Gasteiger partial charge in [0.1, 0.15) is 23.2 Å². The number of rotatable bonds is 8. The minimum absolute atomic E-state index is 0.121. The first-order valence-electron chi connectivity index (χ1n) is 8.62. The summed E-state index contributed by atoms with van der Waals surface area (Å²) < 4.78 is 11.1. The lowest BCUT2D eigenvalue weighted by Crippen LogP contribution is -2.42. The maximum absolute atomic E-state index is 10.5. The van der Waals surface area contributed by atoms with Crippen molar-refractivity contribution < 1.29 is 14.3 Å². The molecule has 7 heteroatoms. The van der Waals surface area contributed by atoms with Crippen LogP contribution in [0.1, 0.15) is 26.5 Å². The van der Waals surface area contributed by atoms with Crippen LogP contribution in [0.15, 0.2) is 52.1 Å². The zero-order chi connectivity index (χ0) is 19.0. The minimum atomic E-state index is -1.18. The molecule has 1 aromatic heterocycles. The number of nitrogens with one attached hydrogen (secondary N) is 2. The van der Waals surface area contributed by atoms with E-state index in [2.05, 4.69) is 15.6 Å². The van der Waals surface area contributed by atoms with Crippen LogP contribution in [-0.2, 0) is 5.60 Å². The highest BCUT2D eigenvalue weighted by atomic mass is 35.5. The summed E-state index contributed by atoms with van der Waals surface area (Å²) in [6.07, 6.45) is 1.41. The van der Waals surface area contributed by atoms with Crippen molar-refractivity contribution in [3.63, 3.8) is 0 Å². The topological polar surface area (TPSA) is 79.0 Å². The van der Waals surface area contributed by atoms with E-state index in [0.717, 1.165) is 0 Å². The molecule has 2 aromatic rings. The molecule has 0 saturated carbocycles. The SMILES string of the molecule is CCNC(=NCC(C)(O)c1ccco1)NCC(C)Oc1ccccc1Cl. The lowest BCUT2D eigenvalue weighted by Gasteiger charge is -2.21. The number of guanidine groups is 1. The molecule has 0 aliphatic rings. The number of halogens is 1. The van der Waals surface area contributed by atoms with Gasteiger partial charge in [-0.3, -0.25) is 0 Å². The third-order valence-corrected chi connectivity index (χ3v) is 3.98. The van der Waals surface area contributed by atoms with Gasteiger partial charge in [-0.2, -0.15) is 0 Å². The summed E-state index contributed by atoms with van der Waals surface area (Å²) in [5, 5.41) is 17.4. The molecule has 6 nitrogen and oxygen atoms in total. The van der Waals surface area contributed by atoms with Gasteiger partial charge in [-0.1, -0.05) is 23.7 Å². The van der Waals surface area contributed by atoms with E-state index in [-0.39, 0.29) is 12.6 Å². The second-order valence-electron chi connectivity index (χ2n) is 6.19. The Morgan fingerprint density at radius 2 is 2.08 bits per heavy atom. The molecule has 0 aliphatic carbocycles. The van der Waals surface area contributed by atoms with E-state index in [4.69, 9.17) is 20.8 Å². The Morgan fingerprint density at radius 3 is 2.73 bits per heavy atom. The average molecular weight is 380 g/mol. The third kappa shape index (κ3) is 5.97. The van der Waals surface area contributed by atoms with Crippen molar-refractivity contribution in [1.82, 2.24) is 10.6 Å². The predicted molar refractivity (Wildman–Crippen MR) is 104 cm³/mol. The molecule has 2 rings (SSSR count). The molecule has 0 fully saturated rings. The summed E-state index contributed by atoms with van der Waals surface area (Å²) in [6.45, 7) is 6.98. The number of ether oxygens (including phenoxy) is 1. The Morgan fingerprint density at radius 1 is 1.31 bits per heavy atom. The largest absolute Gasteiger partial charge is 0.487 e. The van der Waals surface area contributed by atoms with E-state index >= 15 is 0 Å². The van der Waals surface area contributed by atoms with Crippen LogP contribution in [0.2, 0.25) is 5.02 Å². The van der Waals surface area contributed by atoms with Crippen LogP contribution in [0.3, 0.4) is 0 Å². The van der Waals surface area contributed by atoms with Gasteiger partial charge < -0.3 is 24.9 Å². The molecule has 142 valence electrons. The van der Waals surface area contributed by atoms with E-state index in [9.17, 15) is 5.11 Å². The first-order chi connectivity index (χ1) is 12.4. The van der Waals surface area contributed by atoms with Crippen molar-refractivity contribution in [2.45, 2.75) is 32.5 Å². The molecule has 0 bridgehead atoms. The van der Waals surface area contributed by atoms with Crippen LogP contribution in [0.4, 0.5) is 0 Å². The molecule has 0 radical (unpaired) electrons. The fourth-order valence-corrected chi connectivity index (χ4v) is 2.46. The third-order valence-electron chi connectivity index (χ3n) is 3.66. The van der Waals surface area contributed by atoms with Gasteiger partial charge in [-0.25, -0.2) is 4.99 Å². The van der Waals surface area contributed by atoms with Crippen LogP contribution in [0.25, 0.3) is 0 Å². The van der Waals surface area contributed by atoms with Crippen molar-refractivity contribution in [2.24, 2.45) is 4.99 Å². The van der Waals surface area contributed by atoms with E-state index in [1.165, 1.54) is 6.26 Å². The molecular weight excluding hydrogens is 354 g/mol. The van der Waals surface area contributed by atoms with Crippen molar-refractivity contribution in [3.8, 4) is 5.75 Å². The highest BCUT2D eigenvalue weighted by molar-refractivity contribution is 6.32. The first kappa shape index (κ1) is 20.1. The van der Waals surface area contributed by atoms with Crippen molar-refractivity contribution in [3.05, 3.63) is 53.4 Å². The summed E-state index contributed by atoms with van der Waals surface area (Å²) in [6, 6.07) is 10.8. The van der Waals surface area contributed by atoms with Gasteiger partial charge in [0.15, 0.2) is 5.96 Å². The van der Waals surface area contributed by atoms with Crippen LogP contribution >= 0.6 is 11.6 Å². The maximum atomic E-state index is 10.5. The van der Waals surface area contributed by atoms with Gasteiger partial charge in [-0.05, 0) is 45.0 Å². The quantitative estimate of drug-likeness (QED) is 0.485. The number of furan rings is 1. The van der Waals surface area contributed by atoms with Crippen LogP contribution in [0, 0.1) is 0 Å². The number of nitrogens with zero attached hydrogens (tertiary/aromatic N) is 1. The van der Waals surface area contributed by atoms with Crippen molar-refractivity contribution >= 4 is 17.6 Å². The monoisotopic (exact) mass is 379 g/mol. The molecule has 2 unspecified atom stereocenters. The first-order valence-corrected chi connectivity index (χ1v) is 9.00. The highest BCUT2D eigenvalue weighted by Gasteiger charge is 2.26. The summed E-state index contributed by atoms with van der Waals surface area (Å²) in [4.78, 5) is 4.44. The van der Waals surface area contributed by atoms with Gasteiger partial charge in [0.2, 0.25) is 0 Å². The Hall–Kier alpha value is -2.18. The average Bonchev–Trinajstić information content (AvgIpc) is 3.15. The molecular formula is C19H26ClN3O3. The lowest BCUT2D eigenvalue weighted by molar-refractivity contribution is 0.0437. The zero-order valence-corrected chi connectivity index (χ0v) is 16.1. The van der Waals surface area contributed by atoms with Gasteiger partial charge in [0.25, 0.3) is 0 Å². The van der Waals surface area contributed by atoms with Gasteiger partial charge in [0.05, 0.1) is 24.4 Å². The zero-order valence-electron chi connectivity index (χ0n) is 15.3. The van der Waals surface area contributed by atoms with Crippen LogP contribution in [-0.4, -0.2) is 36.8 Å². The summed E-state index contributed by atoms with van der Waals surface area (Å²) in [7, 11) is 0. The number of hydrogen-bond donors (Lipinski definition) is 3. The smallest absolute Gasteiger partial charge is 0.191 e. The lowest BCUT2D eigenvalue weighted by atomic mass is 10.0. The normalized spacial score (nSPS) is 15.2. The van der Waals surface area contributed by atoms with E-state index in [1.54, 1.807) is 25.1 Å². The van der Waals surface area contributed by atoms with Crippen LogP contribution < -0.4 is 15.4 Å². The molecule has 0 aliphatic heterocycles. The summed E-state index contributed by atoms with van der Waals surface area (Å²) in [5.74, 6) is 1.72. The molecule has 2 atom stereocenters. The Kier molecular flexibility index (Phi) is 7.36. The minimum Gasteiger partial charge on any atom is -0.487 e. The van der Waals surface area contributed by atoms with E-state index in [1.807, 2.05) is 32.0 Å². The predicted octanol–water partition coefficient (Wildman–Crippen LogP) is 3.16. The molecule has 0 spiro atoms. The van der Waals surface area contributed by atoms with E-state index in [0.29, 0.717) is 35.6 Å².